The quantitative estimate of drug-likeness (QED) is 0.722. The van der Waals surface area contributed by atoms with Crippen LogP contribution in [0.3, 0.4) is 0 Å². The van der Waals surface area contributed by atoms with E-state index in [1.807, 2.05) is 12.2 Å². The molecule has 0 aromatic heterocycles. The second kappa shape index (κ2) is 3.88. The van der Waals surface area contributed by atoms with Crippen LogP contribution in [0.1, 0.15) is 19.3 Å². The molecule has 0 saturated carbocycles. The van der Waals surface area contributed by atoms with Gasteiger partial charge in [-0.2, -0.15) is 8.42 Å². The number of ether oxygens (including phenoxy) is 1. The minimum Gasteiger partial charge on any atom is -0.493 e. The Kier molecular flexibility index (Phi) is 2.44. The van der Waals surface area contributed by atoms with Crippen LogP contribution in [0.4, 0.5) is 0 Å². The smallest absolute Gasteiger partial charge is 0.344 e. The summed E-state index contributed by atoms with van der Waals surface area (Å²) in [5.41, 5.74) is 7.88. The number of nitrogens with two attached hydrogens (primary N) is 1. The number of nitrogens with zero attached hydrogens (tertiary/aromatic N) is 1. The lowest BCUT2D eigenvalue weighted by Gasteiger charge is -2.25. The molecule has 1 aliphatic carbocycles. The molecule has 7 heteroatoms. The van der Waals surface area contributed by atoms with Crippen LogP contribution < -0.4 is 10.5 Å². The van der Waals surface area contributed by atoms with Gasteiger partial charge in [0.2, 0.25) is 0 Å². The Morgan fingerprint density at radius 2 is 2.17 bits per heavy atom. The highest BCUT2D eigenvalue weighted by Crippen LogP contribution is 2.33. The topological polar surface area (TPSA) is 93.8 Å². The van der Waals surface area contributed by atoms with Gasteiger partial charge >= 0.3 is 10.2 Å². The summed E-state index contributed by atoms with van der Waals surface area (Å²) in [5, 5.41) is 0. The summed E-state index contributed by atoms with van der Waals surface area (Å²) in [6, 6.07) is 0. The lowest BCUT2D eigenvalue weighted by atomic mass is 9.92. The van der Waals surface area contributed by atoms with Crippen LogP contribution >= 0.6 is 0 Å². The molecular weight excluding hydrogens is 254 g/mol. The Morgan fingerprint density at radius 3 is 2.89 bits per heavy atom. The SMILES string of the molecule is NC1=NS(=O)(=O)NC2=CCCC(C3=CCCO3)=C21. The van der Waals surface area contributed by atoms with Crippen molar-refractivity contribution >= 4 is 16.0 Å². The summed E-state index contributed by atoms with van der Waals surface area (Å²) in [6.07, 6.45) is 6.23. The molecule has 0 unspecified atom stereocenters. The number of fused-ring (bicyclic) bond motifs is 1. The first-order valence-corrected chi connectivity index (χ1v) is 7.16. The molecule has 0 bridgehead atoms. The summed E-state index contributed by atoms with van der Waals surface area (Å²) < 4.78 is 34.3. The highest BCUT2D eigenvalue weighted by atomic mass is 32.2. The van der Waals surface area contributed by atoms with Crippen LogP contribution in [0.2, 0.25) is 0 Å². The number of allylic oxidation sites excluding steroid dienone is 2. The average Bonchev–Trinajstić information content (AvgIpc) is 2.79. The lowest BCUT2D eigenvalue weighted by molar-refractivity contribution is 0.250. The van der Waals surface area contributed by atoms with Gasteiger partial charge in [-0.05, 0) is 18.9 Å². The van der Waals surface area contributed by atoms with E-state index in [1.165, 1.54) is 0 Å². The molecule has 3 N–H and O–H groups in total. The van der Waals surface area contributed by atoms with Crippen molar-refractivity contribution in [2.75, 3.05) is 6.61 Å². The number of hydrogen-bond donors (Lipinski definition) is 2. The minimum absolute atomic E-state index is 0.0334. The Hall–Kier alpha value is -1.76. The van der Waals surface area contributed by atoms with Crippen molar-refractivity contribution in [3.8, 4) is 0 Å². The van der Waals surface area contributed by atoms with Crippen molar-refractivity contribution in [2.24, 2.45) is 10.1 Å². The highest BCUT2D eigenvalue weighted by molar-refractivity contribution is 7.88. The Morgan fingerprint density at radius 1 is 1.33 bits per heavy atom. The van der Waals surface area contributed by atoms with E-state index in [4.69, 9.17) is 10.5 Å². The standard InChI is InChI=1S/C11H13N3O3S/c12-11-10-7(9-5-2-6-17-9)3-1-4-8(10)13-18(15,16)14-11/h4-5,13H,1-3,6H2,(H2,12,14). The second-order valence-electron chi connectivity index (χ2n) is 4.27. The van der Waals surface area contributed by atoms with E-state index in [0.717, 1.165) is 30.6 Å². The van der Waals surface area contributed by atoms with E-state index < -0.39 is 10.2 Å². The third kappa shape index (κ3) is 1.80. The van der Waals surface area contributed by atoms with Crippen molar-refractivity contribution in [1.82, 2.24) is 4.72 Å². The first-order chi connectivity index (χ1) is 8.57. The van der Waals surface area contributed by atoms with Gasteiger partial charge in [0.1, 0.15) is 11.6 Å². The van der Waals surface area contributed by atoms with E-state index in [9.17, 15) is 8.42 Å². The second-order valence-corrected chi connectivity index (χ2v) is 5.61. The normalized spacial score (nSPS) is 25.4. The summed E-state index contributed by atoms with van der Waals surface area (Å²) in [7, 11) is -3.70. The fourth-order valence-electron chi connectivity index (χ4n) is 2.35. The maximum Gasteiger partial charge on any atom is 0.344 e. The molecule has 0 radical (unpaired) electrons. The van der Waals surface area contributed by atoms with Gasteiger partial charge in [0.15, 0.2) is 0 Å². The van der Waals surface area contributed by atoms with Crippen molar-refractivity contribution in [3.05, 3.63) is 34.8 Å². The predicted octanol–water partition coefficient (Wildman–Crippen LogP) is 0.470. The molecule has 0 aromatic carbocycles. The van der Waals surface area contributed by atoms with E-state index in [-0.39, 0.29) is 5.84 Å². The van der Waals surface area contributed by atoms with Gasteiger partial charge in [-0.1, -0.05) is 6.08 Å². The van der Waals surface area contributed by atoms with Gasteiger partial charge in [-0.3, -0.25) is 4.72 Å². The first-order valence-electron chi connectivity index (χ1n) is 5.72. The molecule has 0 spiro atoms. The number of amidine groups is 1. The maximum absolute atomic E-state index is 11.5. The first kappa shape index (κ1) is 11.3. The molecule has 0 amide bonds. The van der Waals surface area contributed by atoms with Crippen LogP contribution in [0.5, 0.6) is 0 Å². The molecule has 2 heterocycles. The van der Waals surface area contributed by atoms with Gasteiger partial charge in [-0.25, -0.2) is 0 Å². The Balaban J connectivity index is 2.16. The Labute approximate surface area is 105 Å². The van der Waals surface area contributed by atoms with Crippen molar-refractivity contribution in [2.45, 2.75) is 19.3 Å². The predicted molar refractivity (Wildman–Crippen MR) is 66.7 cm³/mol. The van der Waals surface area contributed by atoms with Gasteiger partial charge in [0, 0.05) is 17.6 Å². The van der Waals surface area contributed by atoms with Crippen LogP contribution in [0.15, 0.2) is 39.2 Å². The lowest BCUT2D eigenvalue weighted by Crippen LogP contribution is -2.36. The molecule has 3 aliphatic rings. The van der Waals surface area contributed by atoms with E-state index in [1.54, 1.807) is 0 Å². The van der Waals surface area contributed by atoms with E-state index in [2.05, 4.69) is 9.12 Å². The fourth-order valence-corrected chi connectivity index (χ4v) is 3.21. The van der Waals surface area contributed by atoms with Gasteiger partial charge < -0.3 is 10.5 Å². The maximum atomic E-state index is 11.5. The summed E-state index contributed by atoms with van der Waals surface area (Å²) >= 11 is 0. The van der Waals surface area contributed by atoms with Crippen LogP contribution in [0, 0.1) is 0 Å². The van der Waals surface area contributed by atoms with Gasteiger partial charge in [0.25, 0.3) is 0 Å². The highest BCUT2D eigenvalue weighted by Gasteiger charge is 2.30. The van der Waals surface area contributed by atoms with Crippen molar-refractivity contribution in [1.29, 1.82) is 0 Å². The molecule has 96 valence electrons. The number of rotatable bonds is 1. The summed E-state index contributed by atoms with van der Waals surface area (Å²) in [4.78, 5) is 0. The summed E-state index contributed by atoms with van der Waals surface area (Å²) in [6.45, 7) is 0.661. The van der Waals surface area contributed by atoms with Crippen molar-refractivity contribution in [3.63, 3.8) is 0 Å². The molecule has 6 nitrogen and oxygen atoms in total. The number of nitrogens with one attached hydrogen (secondary N) is 1. The van der Waals surface area contributed by atoms with Crippen LogP contribution in [-0.2, 0) is 14.9 Å². The zero-order valence-electron chi connectivity index (χ0n) is 9.64. The molecule has 0 saturated heterocycles. The average molecular weight is 267 g/mol. The van der Waals surface area contributed by atoms with Crippen LogP contribution in [-0.4, -0.2) is 20.9 Å². The largest absolute Gasteiger partial charge is 0.493 e. The molecule has 0 atom stereocenters. The van der Waals surface area contributed by atoms with Gasteiger partial charge in [-0.15, -0.1) is 4.40 Å². The zero-order valence-corrected chi connectivity index (χ0v) is 10.5. The van der Waals surface area contributed by atoms with E-state index in [0.29, 0.717) is 17.9 Å². The minimum atomic E-state index is -3.70. The Bertz CT molecular complexity index is 626. The zero-order chi connectivity index (χ0) is 12.8. The third-order valence-electron chi connectivity index (χ3n) is 3.03. The van der Waals surface area contributed by atoms with Crippen LogP contribution in [0.25, 0.3) is 0 Å². The molecule has 0 aromatic rings. The number of hydrogen-bond acceptors (Lipinski definition) is 4. The van der Waals surface area contributed by atoms with Crippen molar-refractivity contribution < 1.29 is 13.2 Å². The molecule has 18 heavy (non-hydrogen) atoms. The molecule has 3 rings (SSSR count). The van der Waals surface area contributed by atoms with Gasteiger partial charge in [0.05, 0.1) is 12.3 Å². The molecular formula is C11H13N3O3S. The molecule has 2 aliphatic heterocycles. The summed E-state index contributed by atoms with van der Waals surface area (Å²) in [5.74, 6) is 0.834. The van der Waals surface area contributed by atoms with E-state index >= 15 is 0 Å². The molecule has 0 fully saturated rings. The monoisotopic (exact) mass is 267 g/mol. The third-order valence-corrected chi connectivity index (χ3v) is 3.95. The fraction of sp³-hybridized carbons (Fsp3) is 0.364.